The van der Waals surface area contributed by atoms with Gasteiger partial charge in [0.05, 0.1) is 18.0 Å². The molecular formula is C12H9BrO5S. The molecule has 2 aromatic rings. The van der Waals surface area contributed by atoms with E-state index >= 15 is 0 Å². The Morgan fingerprint density at radius 2 is 1.89 bits per heavy atom. The Morgan fingerprint density at radius 1 is 1.21 bits per heavy atom. The second kappa shape index (κ2) is 5.58. The van der Waals surface area contributed by atoms with Crippen molar-refractivity contribution in [1.29, 1.82) is 0 Å². The van der Waals surface area contributed by atoms with Crippen LogP contribution in [0.3, 0.4) is 0 Å². The van der Waals surface area contributed by atoms with E-state index in [2.05, 4.69) is 25.4 Å². The van der Waals surface area contributed by atoms with E-state index in [1.807, 2.05) is 12.1 Å². The van der Waals surface area contributed by atoms with E-state index in [1.54, 1.807) is 0 Å². The molecule has 5 nitrogen and oxygen atoms in total. The molecule has 0 saturated carbocycles. The van der Waals surface area contributed by atoms with Gasteiger partial charge in [-0.25, -0.2) is 9.59 Å². The van der Waals surface area contributed by atoms with Crippen LogP contribution in [-0.2, 0) is 9.47 Å². The topological polar surface area (TPSA) is 65.7 Å². The highest BCUT2D eigenvalue weighted by Gasteiger charge is 2.28. The average Bonchev–Trinajstić information content (AvgIpc) is 3.02. The van der Waals surface area contributed by atoms with E-state index in [4.69, 9.17) is 4.42 Å². The molecule has 0 bridgehead atoms. The number of hydrogen-bond donors (Lipinski definition) is 0. The number of carbonyl (C=O) groups excluding carboxylic acids is 2. The first kappa shape index (κ1) is 13.8. The lowest BCUT2D eigenvalue weighted by Crippen LogP contribution is -2.10. The minimum atomic E-state index is -0.720. The van der Waals surface area contributed by atoms with Gasteiger partial charge in [0.2, 0.25) is 5.76 Å². The Bertz CT molecular complexity index is 628. The first-order chi connectivity index (χ1) is 9.08. The summed E-state index contributed by atoms with van der Waals surface area (Å²) in [6.07, 6.45) is 1.34. The second-order valence-electron chi connectivity index (χ2n) is 3.44. The standard InChI is InChI=1S/C12H9BrO5S/c1-16-11(14)9-6(7-3-4-8(13)19-7)5-18-10(9)12(15)17-2/h3-5H,1-2H3. The summed E-state index contributed by atoms with van der Waals surface area (Å²) in [5.74, 6) is -1.52. The monoisotopic (exact) mass is 344 g/mol. The molecular weight excluding hydrogens is 336 g/mol. The van der Waals surface area contributed by atoms with Crippen molar-refractivity contribution in [2.75, 3.05) is 14.2 Å². The van der Waals surface area contributed by atoms with Crippen molar-refractivity contribution >= 4 is 39.2 Å². The predicted octanol–water partition coefficient (Wildman–Crippen LogP) is 3.34. The van der Waals surface area contributed by atoms with E-state index in [0.717, 1.165) is 8.66 Å². The first-order valence-corrected chi connectivity index (χ1v) is 6.73. The van der Waals surface area contributed by atoms with Gasteiger partial charge in [-0.15, -0.1) is 11.3 Å². The molecule has 2 heterocycles. The summed E-state index contributed by atoms with van der Waals surface area (Å²) in [6, 6.07) is 3.65. The Morgan fingerprint density at radius 3 is 2.42 bits per heavy atom. The van der Waals surface area contributed by atoms with Gasteiger partial charge in [0.15, 0.2) is 0 Å². The Hall–Kier alpha value is -1.60. The van der Waals surface area contributed by atoms with Crippen molar-refractivity contribution in [3.63, 3.8) is 0 Å². The third kappa shape index (κ3) is 2.57. The quantitative estimate of drug-likeness (QED) is 0.799. The van der Waals surface area contributed by atoms with Gasteiger partial charge in [-0.2, -0.15) is 0 Å². The fourth-order valence-electron chi connectivity index (χ4n) is 1.55. The largest absolute Gasteiger partial charge is 0.465 e. The maximum atomic E-state index is 11.8. The van der Waals surface area contributed by atoms with Gasteiger partial charge in [-0.3, -0.25) is 0 Å². The van der Waals surface area contributed by atoms with Crippen LogP contribution in [-0.4, -0.2) is 26.2 Å². The summed E-state index contributed by atoms with van der Waals surface area (Å²) in [4.78, 5) is 24.2. The van der Waals surface area contributed by atoms with Crippen LogP contribution >= 0.6 is 27.3 Å². The van der Waals surface area contributed by atoms with Gasteiger partial charge in [0.25, 0.3) is 0 Å². The average molecular weight is 345 g/mol. The fourth-order valence-corrected chi connectivity index (χ4v) is 2.94. The van der Waals surface area contributed by atoms with Crippen molar-refractivity contribution in [3.8, 4) is 10.4 Å². The maximum absolute atomic E-state index is 11.8. The summed E-state index contributed by atoms with van der Waals surface area (Å²) in [6.45, 7) is 0. The summed E-state index contributed by atoms with van der Waals surface area (Å²) in [7, 11) is 2.46. The highest BCUT2D eigenvalue weighted by molar-refractivity contribution is 9.11. The SMILES string of the molecule is COC(=O)c1occ(-c2ccc(Br)s2)c1C(=O)OC. The van der Waals surface area contributed by atoms with Crippen LogP contribution in [0.15, 0.2) is 26.6 Å². The summed E-state index contributed by atoms with van der Waals surface area (Å²) in [5.41, 5.74) is 0.576. The molecule has 0 amide bonds. The minimum absolute atomic E-state index is 0.0729. The molecule has 100 valence electrons. The van der Waals surface area contributed by atoms with Crippen LogP contribution in [0, 0.1) is 0 Å². The Labute approximate surface area is 121 Å². The lowest BCUT2D eigenvalue weighted by molar-refractivity contribution is 0.0529. The molecule has 0 aliphatic carbocycles. The normalized spacial score (nSPS) is 10.3. The predicted molar refractivity (Wildman–Crippen MR) is 72.4 cm³/mol. The molecule has 0 atom stereocenters. The number of rotatable bonds is 3. The lowest BCUT2D eigenvalue weighted by atomic mass is 10.1. The molecule has 2 aromatic heterocycles. The summed E-state index contributed by atoms with van der Waals surface area (Å²) < 4.78 is 15.3. The van der Waals surface area contributed by atoms with Crippen molar-refractivity contribution in [2.45, 2.75) is 0 Å². The van der Waals surface area contributed by atoms with Gasteiger partial charge >= 0.3 is 11.9 Å². The van der Waals surface area contributed by atoms with Crippen LogP contribution in [0.25, 0.3) is 10.4 Å². The number of thiophene rings is 1. The minimum Gasteiger partial charge on any atom is -0.465 e. The molecule has 0 aliphatic heterocycles. The number of carbonyl (C=O) groups is 2. The van der Waals surface area contributed by atoms with Crippen molar-refractivity contribution in [3.05, 3.63) is 33.5 Å². The zero-order chi connectivity index (χ0) is 14.0. The molecule has 0 radical (unpaired) electrons. The Kier molecular flexibility index (Phi) is 4.06. The van der Waals surface area contributed by atoms with Crippen LogP contribution in [0.5, 0.6) is 0 Å². The zero-order valence-corrected chi connectivity index (χ0v) is 12.5. The van der Waals surface area contributed by atoms with Crippen molar-refractivity contribution in [1.82, 2.24) is 0 Å². The second-order valence-corrected chi connectivity index (χ2v) is 5.90. The number of halogens is 1. The first-order valence-electron chi connectivity index (χ1n) is 5.12. The van der Waals surface area contributed by atoms with Crippen molar-refractivity contribution in [2.24, 2.45) is 0 Å². The molecule has 0 aromatic carbocycles. The van der Waals surface area contributed by atoms with Gasteiger partial charge in [-0.1, -0.05) is 0 Å². The molecule has 0 spiro atoms. The van der Waals surface area contributed by atoms with Crippen LogP contribution in [0.4, 0.5) is 0 Å². The molecule has 0 unspecified atom stereocenters. The van der Waals surface area contributed by atoms with Crippen LogP contribution < -0.4 is 0 Å². The molecule has 0 fully saturated rings. The van der Waals surface area contributed by atoms with Gasteiger partial charge in [-0.05, 0) is 28.1 Å². The molecule has 0 N–H and O–H groups in total. The van der Waals surface area contributed by atoms with E-state index in [0.29, 0.717) is 5.56 Å². The molecule has 0 saturated heterocycles. The lowest BCUT2D eigenvalue weighted by Gasteiger charge is -2.01. The smallest absolute Gasteiger partial charge is 0.374 e. The van der Waals surface area contributed by atoms with Gasteiger partial charge < -0.3 is 13.9 Å². The van der Waals surface area contributed by atoms with Crippen LogP contribution in [0.2, 0.25) is 0 Å². The molecule has 19 heavy (non-hydrogen) atoms. The van der Waals surface area contributed by atoms with E-state index in [-0.39, 0.29) is 11.3 Å². The zero-order valence-electron chi connectivity index (χ0n) is 10.1. The molecule has 7 heteroatoms. The van der Waals surface area contributed by atoms with E-state index in [1.165, 1.54) is 31.8 Å². The van der Waals surface area contributed by atoms with E-state index in [9.17, 15) is 9.59 Å². The number of methoxy groups -OCH3 is 2. The van der Waals surface area contributed by atoms with E-state index < -0.39 is 11.9 Å². The third-order valence-corrected chi connectivity index (χ3v) is 4.05. The van der Waals surface area contributed by atoms with Gasteiger partial charge in [0.1, 0.15) is 11.8 Å². The number of esters is 2. The van der Waals surface area contributed by atoms with Crippen LogP contribution in [0.1, 0.15) is 20.9 Å². The number of hydrogen-bond acceptors (Lipinski definition) is 6. The Balaban J connectivity index is 2.59. The fraction of sp³-hybridized carbons (Fsp3) is 0.167. The number of ether oxygens (including phenoxy) is 2. The summed E-state index contributed by atoms with van der Waals surface area (Å²) >= 11 is 4.75. The highest BCUT2D eigenvalue weighted by atomic mass is 79.9. The number of furan rings is 1. The molecule has 2 rings (SSSR count). The molecule has 0 aliphatic rings. The third-order valence-electron chi connectivity index (χ3n) is 2.39. The van der Waals surface area contributed by atoms with Gasteiger partial charge in [0, 0.05) is 10.4 Å². The highest BCUT2D eigenvalue weighted by Crippen LogP contribution is 2.36. The van der Waals surface area contributed by atoms with Crippen molar-refractivity contribution < 1.29 is 23.5 Å². The summed E-state index contributed by atoms with van der Waals surface area (Å²) in [5, 5.41) is 0. The maximum Gasteiger partial charge on any atom is 0.374 e.